The number of phenols is 1. The molecule has 1 fully saturated rings. The highest BCUT2D eigenvalue weighted by molar-refractivity contribution is 5.66. The van der Waals surface area contributed by atoms with Gasteiger partial charge in [-0.25, -0.2) is 0 Å². The number of phenolic OH excluding ortho intramolecular Hbond substituents is 1. The normalized spacial score (nSPS) is 23.1. The van der Waals surface area contributed by atoms with Crippen LogP contribution in [0, 0.1) is 0 Å². The van der Waals surface area contributed by atoms with E-state index in [-0.39, 0.29) is 18.3 Å². The van der Waals surface area contributed by atoms with E-state index in [0.717, 1.165) is 5.56 Å². The van der Waals surface area contributed by atoms with E-state index in [2.05, 4.69) is 0 Å². The van der Waals surface area contributed by atoms with Crippen LogP contribution in [0.25, 0.3) is 0 Å². The van der Waals surface area contributed by atoms with E-state index in [1.54, 1.807) is 12.1 Å². The first kappa shape index (κ1) is 12.9. The van der Waals surface area contributed by atoms with Gasteiger partial charge in [-0.05, 0) is 18.1 Å². The highest BCUT2D eigenvalue weighted by atomic mass is 16.7. The topological polar surface area (TPSA) is 76.0 Å². The highest BCUT2D eigenvalue weighted by Gasteiger charge is 2.26. The second-order valence-corrected chi connectivity index (χ2v) is 4.29. The number of hydrogen-bond acceptors (Lipinski definition) is 4. The summed E-state index contributed by atoms with van der Waals surface area (Å²) in [7, 11) is 0. The predicted octanol–water partition coefficient (Wildman–Crippen LogP) is 1.54. The Morgan fingerprint density at radius 1 is 1.39 bits per heavy atom. The molecule has 0 radical (unpaired) electrons. The van der Waals surface area contributed by atoms with Crippen LogP contribution >= 0.6 is 0 Å². The maximum atomic E-state index is 10.4. The second-order valence-electron chi connectivity index (χ2n) is 4.29. The third-order valence-corrected chi connectivity index (χ3v) is 2.87. The Morgan fingerprint density at radius 2 is 2.17 bits per heavy atom. The molecule has 0 aliphatic carbocycles. The largest absolute Gasteiger partial charge is 0.508 e. The fraction of sp³-hybridized carbons (Fsp3) is 0.462. The summed E-state index contributed by atoms with van der Waals surface area (Å²) >= 11 is 0. The molecule has 1 aromatic rings. The van der Waals surface area contributed by atoms with E-state index in [0.29, 0.717) is 19.4 Å². The van der Waals surface area contributed by atoms with Crippen molar-refractivity contribution in [3.05, 3.63) is 29.8 Å². The number of hydrogen-bond donors (Lipinski definition) is 2. The van der Waals surface area contributed by atoms with Gasteiger partial charge in [-0.3, -0.25) is 4.79 Å². The van der Waals surface area contributed by atoms with Crippen LogP contribution in [0.3, 0.4) is 0 Å². The number of benzene rings is 1. The summed E-state index contributed by atoms with van der Waals surface area (Å²) in [5, 5.41) is 18.2. The summed E-state index contributed by atoms with van der Waals surface area (Å²) in [6.07, 6.45) is 0.425. The second kappa shape index (κ2) is 5.84. The molecule has 1 aromatic carbocycles. The Balaban J connectivity index is 1.83. The van der Waals surface area contributed by atoms with Gasteiger partial charge in [0, 0.05) is 12.8 Å². The van der Waals surface area contributed by atoms with Crippen molar-refractivity contribution >= 4 is 5.97 Å². The molecular formula is C13H16O5. The average Bonchev–Trinajstić information content (AvgIpc) is 2.77. The third kappa shape index (κ3) is 3.45. The first-order valence-electron chi connectivity index (χ1n) is 5.91. The van der Waals surface area contributed by atoms with Crippen molar-refractivity contribution in [2.24, 2.45) is 0 Å². The van der Waals surface area contributed by atoms with Crippen LogP contribution in [0.15, 0.2) is 24.3 Å². The Hall–Kier alpha value is -1.59. The smallest absolute Gasteiger partial charge is 0.303 e. The van der Waals surface area contributed by atoms with Gasteiger partial charge in [0.25, 0.3) is 0 Å². The lowest BCUT2D eigenvalue weighted by Gasteiger charge is -2.11. The van der Waals surface area contributed by atoms with Gasteiger partial charge in [0.15, 0.2) is 6.29 Å². The molecule has 0 saturated carbocycles. The molecule has 2 rings (SSSR count). The first-order valence-corrected chi connectivity index (χ1v) is 5.91. The molecule has 0 amide bonds. The molecule has 1 saturated heterocycles. The number of aliphatic carboxylic acids is 1. The molecule has 0 aromatic heterocycles. The molecule has 98 valence electrons. The summed E-state index contributed by atoms with van der Waals surface area (Å²) in [6.45, 7) is 0.408. The monoisotopic (exact) mass is 252 g/mol. The van der Waals surface area contributed by atoms with Crippen molar-refractivity contribution in [1.29, 1.82) is 0 Å². The summed E-state index contributed by atoms with van der Waals surface area (Å²) in [6, 6.07) is 7.02. The highest BCUT2D eigenvalue weighted by Crippen LogP contribution is 2.23. The van der Waals surface area contributed by atoms with Gasteiger partial charge in [0.1, 0.15) is 5.75 Å². The van der Waals surface area contributed by atoms with Crippen molar-refractivity contribution in [2.45, 2.75) is 31.7 Å². The molecule has 18 heavy (non-hydrogen) atoms. The van der Waals surface area contributed by atoms with Crippen molar-refractivity contribution in [3.63, 3.8) is 0 Å². The molecule has 1 heterocycles. The predicted molar refractivity (Wildman–Crippen MR) is 63.3 cm³/mol. The molecule has 1 aliphatic heterocycles. The Kier molecular flexibility index (Phi) is 4.17. The maximum Gasteiger partial charge on any atom is 0.303 e. The number of carboxylic acid groups (broad SMARTS) is 1. The van der Waals surface area contributed by atoms with E-state index in [1.165, 1.54) is 0 Å². The first-order chi connectivity index (χ1) is 8.65. The van der Waals surface area contributed by atoms with Crippen LogP contribution in [0.5, 0.6) is 5.75 Å². The van der Waals surface area contributed by atoms with E-state index in [4.69, 9.17) is 14.6 Å². The SMILES string of the molecule is O=C(O)CCC1COC(Cc2ccccc2O)O1. The van der Waals surface area contributed by atoms with Gasteiger partial charge in [0.05, 0.1) is 12.7 Å². The lowest BCUT2D eigenvalue weighted by molar-refractivity contribution is -0.137. The lowest BCUT2D eigenvalue weighted by atomic mass is 10.1. The van der Waals surface area contributed by atoms with E-state index in [1.807, 2.05) is 12.1 Å². The quantitative estimate of drug-likeness (QED) is 0.831. The number of ether oxygens (including phenoxy) is 2. The zero-order chi connectivity index (χ0) is 13.0. The Morgan fingerprint density at radius 3 is 2.89 bits per heavy atom. The summed E-state index contributed by atoms with van der Waals surface area (Å²) in [4.78, 5) is 10.4. The van der Waals surface area contributed by atoms with Crippen LogP contribution in [0.4, 0.5) is 0 Å². The maximum absolute atomic E-state index is 10.4. The van der Waals surface area contributed by atoms with Crippen LogP contribution in [0.1, 0.15) is 18.4 Å². The fourth-order valence-corrected chi connectivity index (χ4v) is 1.91. The van der Waals surface area contributed by atoms with Gasteiger partial charge >= 0.3 is 5.97 Å². The number of rotatable bonds is 5. The van der Waals surface area contributed by atoms with Crippen LogP contribution < -0.4 is 0 Å². The molecule has 1 aliphatic rings. The summed E-state index contributed by atoms with van der Waals surface area (Å²) < 4.78 is 11.0. The summed E-state index contributed by atoms with van der Waals surface area (Å²) in [5.74, 6) is -0.610. The van der Waals surface area contributed by atoms with E-state index < -0.39 is 12.3 Å². The molecule has 5 nitrogen and oxygen atoms in total. The van der Waals surface area contributed by atoms with E-state index >= 15 is 0 Å². The minimum atomic E-state index is -0.831. The van der Waals surface area contributed by atoms with E-state index in [9.17, 15) is 9.90 Å². The third-order valence-electron chi connectivity index (χ3n) is 2.87. The van der Waals surface area contributed by atoms with Gasteiger partial charge in [-0.2, -0.15) is 0 Å². The zero-order valence-electron chi connectivity index (χ0n) is 9.91. The number of para-hydroxylation sites is 1. The van der Waals surface area contributed by atoms with Gasteiger partial charge in [-0.1, -0.05) is 18.2 Å². The summed E-state index contributed by atoms with van der Waals surface area (Å²) in [5.41, 5.74) is 0.765. The Labute approximate surface area is 105 Å². The zero-order valence-corrected chi connectivity index (χ0v) is 9.91. The molecule has 2 atom stereocenters. The molecule has 5 heteroatoms. The molecule has 2 N–H and O–H groups in total. The average molecular weight is 252 g/mol. The molecular weight excluding hydrogens is 236 g/mol. The minimum absolute atomic E-state index is 0.0807. The van der Waals surface area contributed by atoms with Gasteiger partial charge in [-0.15, -0.1) is 0 Å². The number of carbonyl (C=O) groups is 1. The molecule has 0 spiro atoms. The van der Waals surface area contributed by atoms with Gasteiger partial charge in [0.2, 0.25) is 0 Å². The fourth-order valence-electron chi connectivity index (χ4n) is 1.91. The van der Waals surface area contributed by atoms with Crippen molar-refractivity contribution in [2.75, 3.05) is 6.61 Å². The molecule has 2 unspecified atom stereocenters. The standard InChI is InChI=1S/C13H16O5/c14-11-4-2-1-3-9(11)7-13-17-8-10(18-13)5-6-12(15)16/h1-4,10,13-14H,5-8H2,(H,15,16). The number of aromatic hydroxyl groups is 1. The van der Waals surface area contributed by atoms with Crippen molar-refractivity contribution < 1.29 is 24.5 Å². The van der Waals surface area contributed by atoms with Crippen molar-refractivity contribution in [1.82, 2.24) is 0 Å². The van der Waals surface area contributed by atoms with Crippen LogP contribution in [0.2, 0.25) is 0 Å². The lowest BCUT2D eigenvalue weighted by Crippen LogP contribution is -2.15. The minimum Gasteiger partial charge on any atom is -0.508 e. The Bertz CT molecular complexity index is 418. The molecule has 0 bridgehead atoms. The van der Waals surface area contributed by atoms with Gasteiger partial charge < -0.3 is 19.7 Å². The van der Waals surface area contributed by atoms with Crippen LogP contribution in [-0.2, 0) is 20.7 Å². The van der Waals surface area contributed by atoms with Crippen molar-refractivity contribution in [3.8, 4) is 5.75 Å². The number of carboxylic acids is 1. The van der Waals surface area contributed by atoms with Crippen LogP contribution in [-0.4, -0.2) is 35.2 Å².